The van der Waals surface area contributed by atoms with Gasteiger partial charge < -0.3 is 10.3 Å². The Balaban J connectivity index is 2.22. The largest absolute Gasteiger partial charge is 0.334 e. The number of hydrogen-bond donors (Lipinski definition) is 1. The van der Waals surface area contributed by atoms with Crippen molar-refractivity contribution in [2.45, 2.75) is 51.5 Å². The molecule has 0 unspecified atom stereocenters. The summed E-state index contributed by atoms with van der Waals surface area (Å²) >= 11 is 0. The fourth-order valence-corrected chi connectivity index (χ4v) is 2.21. The van der Waals surface area contributed by atoms with E-state index in [1.54, 1.807) is 0 Å². The lowest BCUT2D eigenvalue weighted by Crippen LogP contribution is -2.34. The summed E-state index contributed by atoms with van der Waals surface area (Å²) in [6.45, 7) is 4.07. The van der Waals surface area contributed by atoms with Crippen molar-refractivity contribution < 1.29 is 4.52 Å². The molecule has 2 rings (SSSR count). The van der Waals surface area contributed by atoms with Gasteiger partial charge in [-0.05, 0) is 26.2 Å². The Labute approximate surface area is 95.9 Å². The van der Waals surface area contributed by atoms with E-state index < -0.39 is 0 Å². The molecule has 0 aliphatic heterocycles. The monoisotopic (exact) mass is 221 g/mol. The van der Waals surface area contributed by atoms with Gasteiger partial charge in [0.2, 0.25) is 0 Å². The molecule has 1 fully saturated rings. The summed E-state index contributed by atoms with van der Waals surface area (Å²) in [6, 6.07) is 0. The summed E-state index contributed by atoms with van der Waals surface area (Å²) < 4.78 is 5.25. The molecule has 1 aliphatic rings. The minimum Gasteiger partial charge on any atom is -0.334 e. The molecular weight excluding hydrogens is 202 g/mol. The first-order chi connectivity index (χ1) is 7.65. The van der Waals surface area contributed by atoms with E-state index in [2.05, 4.69) is 23.1 Å². The number of nitrogens with two attached hydrogens (primary N) is 1. The van der Waals surface area contributed by atoms with Gasteiger partial charge in [-0.1, -0.05) is 31.0 Å². The van der Waals surface area contributed by atoms with Crippen molar-refractivity contribution in [3.05, 3.63) is 17.8 Å². The number of nitrogens with zero attached hydrogens (tertiary/aromatic N) is 2. The highest BCUT2D eigenvalue weighted by Crippen LogP contribution is 2.34. The van der Waals surface area contributed by atoms with Gasteiger partial charge in [0, 0.05) is 5.57 Å². The van der Waals surface area contributed by atoms with E-state index in [1.807, 2.05) is 6.92 Å². The number of allylic oxidation sites excluding steroid dienone is 2. The first kappa shape index (κ1) is 11.3. The number of rotatable bonds is 3. The van der Waals surface area contributed by atoms with Crippen LogP contribution in [0.5, 0.6) is 0 Å². The van der Waals surface area contributed by atoms with Gasteiger partial charge in [0.15, 0.2) is 5.82 Å². The van der Waals surface area contributed by atoms with E-state index in [0.717, 1.165) is 37.7 Å². The van der Waals surface area contributed by atoms with Crippen molar-refractivity contribution in [3.8, 4) is 0 Å². The lowest BCUT2D eigenvalue weighted by atomic mass is 9.99. The molecule has 1 aromatic rings. The van der Waals surface area contributed by atoms with Crippen LogP contribution < -0.4 is 5.73 Å². The van der Waals surface area contributed by atoms with Crippen LogP contribution >= 0.6 is 0 Å². The maximum atomic E-state index is 6.26. The molecule has 0 spiro atoms. The fraction of sp³-hybridized carbons (Fsp3) is 0.667. The molecule has 4 heteroatoms. The van der Waals surface area contributed by atoms with Gasteiger partial charge in [-0.15, -0.1) is 0 Å². The van der Waals surface area contributed by atoms with Gasteiger partial charge in [0.1, 0.15) is 0 Å². The van der Waals surface area contributed by atoms with Crippen molar-refractivity contribution in [2.75, 3.05) is 0 Å². The van der Waals surface area contributed by atoms with Crippen molar-refractivity contribution in [1.82, 2.24) is 10.1 Å². The normalized spacial score (nSPS) is 20.3. The Bertz CT molecular complexity index is 389. The third-order valence-corrected chi connectivity index (χ3v) is 3.21. The van der Waals surface area contributed by atoms with Gasteiger partial charge in [0.05, 0.1) is 5.54 Å². The van der Waals surface area contributed by atoms with Crippen LogP contribution in [0.1, 0.15) is 57.7 Å². The molecule has 0 saturated heterocycles. The summed E-state index contributed by atoms with van der Waals surface area (Å²) in [5.41, 5.74) is 6.94. The third kappa shape index (κ3) is 2.02. The van der Waals surface area contributed by atoms with Crippen LogP contribution in [-0.2, 0) is 5.54 Å². The minimum atomic E-state index is -0.353. The number of hydrogen-bond acceptors (Lipinski definition) is 4. The van der Waals surface area contributed by atoms with Crippen LogP contribution in [0.25, 0.3) is 5.57 Å². The van der Waals surface area contributed by atoms with Gasteiger partial charge in [-0.25, -0.2) is 0 Å². The average Bonchev–Trinajstić information content (AvgIpc) is 2.86. The summed E-state index contributed by atoms with van der Waals surface area (Å²) in [5, 5.41) is 4.02. The van der Waals surface area contributed by atoms with Crippen LogP contribution in [0.2, 0.25) is 0 Å². The predicted octanol–water partition coefficient (Wildman–Crippen LogP) is 2.61. The molecule has 1 aromatic heterocycles. The second kappa shape index (κ2) is 4.37. The minimum absolute atomic E-state index is 0.353. The predicted molar refractivity (Wildman–Crippen MR) is 62.6 cm³/mol. The molecule has 0 atom stereocenters. The average molecular weight is 221 g/mol. The molecule has 2 N–H and O–H groups in total. The zero-order chi connectivity index (χ0) is 11.6. The van der Waals surface area contributed by atoms with Crippen LogP contribution in [0, 0.1) is 0 Å². The lowest BCUT2D eigenvalue weighted by Gasteiger charge is -2.17. The summed E-state index contributed by atoms with van der Waals surface area (Å²) in [5.74, 6) is 1.28. The van der Waals surface area contributed by atoms with E-state index in [9.17, 15) is 0 Å². The molecule has 0 bridgehead atoms. The summed E-state index contributed by atoms with van der Waals surface area (Å²) in [4.78, 5) is 4.41. The first-order valence-electron chi connectivity index (χ1n) is 5.96. The molecule has 0 amide bonds. The first-order valence-corrected chi connectivity index (χ1v) is 5.96. The van der Waals surface area contributed by atoms with E-state index in [0.29, 0.717) is 11.7 Å². The topological polar surface area (TPSA) is 64.9 Å². The van der Waals surface area contributed by atoms with Crippen molar-refractivity contribution in [2.24, 2.45) is 5.73 Å². The summed E-state index contributed by atoms with van der Waals surface area (Å²) in [7, 11) is 0. The maximum absolute atomic E-state index is 6.26. The van der Waals surface area contributed by atoms with Gasteiger partial charge >= 0.3 is 0 Å². The summed E-state index contributed by atoms with van der Waals surface area (Å²) in [6.07, 6.45) is 7.28. The van der Waals surface area contributed by atoms with E-state index >= 15 is 0 Å². The Morgan fingerprint density at radius 2 is 2.19 bits per heavy atom. The van der Waals surface area contributed by atoms with E-state index in [1.165, 1.54) is 0 Å². The molecule has 1 aliphatic carbocycles. The molecule has 1 heterocycles. The zero-order valence-corrected chi connectivity index (χ0v) is 9.99. The Hall–Kier alpha value is -1.16. The SMILES string of the molecule is CC/C=C(/C)c1nc(C2(N)CCCC2)no1. The Morgan fingerprint density at radius 1 is 1.50 bits per heavy atom. The molecule has 0 aromatic carbocycles. The highest BCUT2D eigenvalue weighted by molar-refractivity contribution is 5.55. The Kier molecular flexibility index (Phi) is 3.10. The van der Waals surface area contributed by atoms with E-state index in [-0.39, 0.29) is 5.54 Å². The molecule has 16 heavy (non-hydrogen) atoms. The van der Waals surface area contributed by atoms with Gasteiger partial charge in [-0.3, -0.25) is 0 Å². The van der Waals surface area contributed by atoms with Crippen LogP contribution in [0.3, 0.4) is 0 Å². The lowest BCUT2D eigenvalue weighted by molar-refractivity contribution is 0.363. The quantitative estimate of drug-likeness (QED) is 0.852. The zero-order valence-electron chi connectivity index (χ0n) is 9.99. The number of aromatic nitrogens is 2. The maximum Gasteiger partial charge on any atom is 0.253 e. The molecule has 1 saturated carbocycles. The van der Waals surface area contributed by atoms with Gasteiger partial charge in [-0.2, -0.15) is 4.98 Å². The van der Waals surface area contributed by atoms with Crippen LogP contribution in [0.15, 0.2) is 10.6 Å². The smallest absolute Gasteiger partial charge is 0.253 e. The molecule has 0 radical (unpaired) electrons. The second-order valence-corrected chi connectivity index (χ2v) is 4.58. The molecule has 88 valence electrons. The highest BCUT2D eigenvalue weighted by Gasteiger charge is 2.35. The standard InChI is InChI=1S/C12H19N3O/c1-3-6-9(2)10-14-11(15-16-10)12(13)7-4-5-8-12/h6H,3-5,7-8,13H2,1-2H3/b9-6-. The Morgan fingerprint density at radius 3 is 2.81 bits per heavy atom. The van der Waals surface area contributed by atoms with E-state index in [4.69, 9.17) is 10.3 Å². The second-order valence-electron chi connectivity index (χ2n) is 4.58. The highest BCUT2D eigenvalue weighted by atomic mass is 16.5. The molecular formula is C12H19N3O. The fourth-order valence-electron chi connectivity index (χ4n) is 2.21. The third-order valence-electron chi connectivity index (χ3n) is 3.21. The van der Waals surface area contributed by atoms with Crippen LogP contribution in [0.4, 0.5) is 0 Å². The van der Waals surface area contributed by atoms with Crippen LogP contribution in [-0.4, -0.2) is 10.1 Å². The van der Waals surface area contributed by atoms with Crippen molar-refractivity contribution in [1.29, 1.82) is 0 Å². The van der Waals surface area contributed by atoms with Crippen molar-refractivity contribution >= 4 is 5.57 Å². The van der Waals surface area contributed by atoms with Gasteiger partial charge in [0.25, 0.3) is 5.89 Å². The molecule has 4 nitrogen and oxygen atoms in total. The van der Waals surface area contributed by atoms with Crippen molar-refractivity contribution in [3.63, 3.8) is 0 Å².